The summed E-state index contributed by atoms with van der Waals surface area (Å²) in [5.74, 6) is 1.61. The van der Waals surface area contributed by atoms with Crippen LogP contribution in [0.25, 0.3) is 11.4 Å². The Labute approximate surface area is 110 Å². The Morgan fingerprint density at radius 2 is 2.33 bits per heavy atom. The average Bonchev–Trinajstić information content (AvgIpc) is 2.94. The maximum Gasteiger partial charge on any atom is 0.192 e. The first-order valence-corrected chi connectivity index (χ1v) is 6.59. The van der Waals surface area contributed by atoms with Crippen molar-refractivity contribution >= 4 is 11.8 Å². The maximum absolute atomic E-state index is 8.85. The highest BCUT2D eigenvalue weighted by Gasteiger charge is 2.17. The van der Waals surface area contributed by atoms with Crippen LogP contribution in [0.1, 0.15) is 19.6 Å². The molecule has 1 atom stereocenters. The summed E-state index contributed by atoms with van der Waals surface area (Å²) in [6.45, 7) is 6.54. The van der Waals surface area contributed by atoms with Crippen LogP contribution in [0.2, 0.25) is 0 Å². The summed E-state index contributed by atoms with van der Waals surface area (Å²) in [7, 11) is 0. The molecular formula is C12H14N4OS. The van der Waals surface area contributed by atoms with E-state index >= 15 is 0 Å². The van der Waals surface area contributed by atoms with E-state index in [2.05, 4.69) is 16.3 Å². The molecule has 18 heavy (non-hydrogen) atoms. The fourth-order valence-corrected chi connectivity index (χ4v) is 2.46. The summed E-state index contributed by atoms with van der Waals surface area (Å²) in [4.78, 5) is 0. The molecule has 0 N–H and O–H groups in total. The van der Waals surface area contributed by atoms with Gasteiger partial charge in [-0.25, -0.2) is 0 Å². The largest absolute Gasteiger partial charge is 0.469 e. The molecule has 0 aromatic carbocycles. The highest BCUT2D eigenvalue weighted by molar-refractivity contribution is 8.00. The van der Waals surface area contributed by atoms with E-state index in [0.717, 1.165) is 28.8 Å². The zero-order valence-electron chi connectivity index (χ0n) is 10.5. The molecule has 6 heteroatoms. The van der Waals surface area contributed by atoms with Crippen LogP contribution in [0, 0.1) is 18.3 Å². The zero-order chi connectivity index (χ0) is 13.1. The van der Waals surface area contributed by atoms with Gasteiger partial charge in [-0.15, -0.1) is 10.2 Å². The third kappa shape index (κ3) is 2.27. The summed E-state index contributed by atoms with van der Waals surface area (Å²) in [6, 6.07) is 4.07. The lowest BCUT2D eigenvalue weighted by Crippen LogP contribution is -2.02. The minimum atomic E-state index is -0.141. The predicted molar refractivity (Wildman–Crippen MR) is 69.1 cm³/mol. The van der Waals surface area contributed by atoms with Gasteiger partial charge in [0.05, 0.1) is 23.1 Å². The van der Waals surface area contributed by atoms with E-state index in [1.54, 1.807) is 6.26 Å². The van der Waals surface area contributed by atoms with Crippen LogP contribution in [-0.4, -0.2) is 20.0 Å². The van der Waals surface area contributed by atoms with Crippen LogP contribution >= 0.6 is 11.8 Å². The molecule has 0 bridgehead atoms. The first-order valence-electron chi connectivity index (χ1n) is 5.71. The van der Waals surface area contributed by atoms with Crippen molar-refractivity contribution in [2.45, 2.75) is 37.7 Å². The van der Waals surface area contributed by atoms with Crippen molar-refractivity contribution in [3.8, 4) is 17.5 Å². The molecule has 2 aromatic heterocycles. The Hall–Kier alpha value is -1.74. The Morgan fingerprint density at radius 3 is 2.89 bits per heavy atom. The van der Waals surface area contributed by atoms with Crippen LogP contribution in [0.15, 0.2) is 21.9 Å². The Bertz CT molecular complexity index is 581. The van der Waals surface area contributed by atoms with Crippen molar-refractivity contribution in [3.05, 3.63) is 18.1 Å². The molecule has 0 radical (unpaired) electrons. The van der Waals surface area contributed by atoms with Gasteiger partial charge >= 0.3 is 0 Å². The second-order valence-corrected chi connectivity index (χ2v) is 5.14. The number of nitriles is 1. The third-order valence-corrected chi connectivity index (χ3v) is 3.57. The van der Waals surface area contributed by atoms with Crippen LogP contribution in [-0.2, 0) is 6.54 Å². The molecule has 2 rings (SSSR count). The zero-order valence-corrected chi connectivity index (χ0v) is 11.4. The minimum Gasteiger partial charge on any atom is -0.469 e. The molecule has 5 nitrogen and oxygen atoms in total. The molecule has 0 aliphatic carbocycles. The van der Waals surface area contributed by atoms with Crippen molar-refractivity contribution in [1.82, 2.24) is 14.8 Å². The van der Waals surface area contributed by atoms with E-state index in [4.69, 9.17) is 9.68 Å². The molecule has 2 aromatic rings. The van der Waals surface area contributed by atoms with Gasteiger partial charge < -0.3 is 8.98 Å². The van der Waals surface area contributed by atoms with Crippen molar-refractivity contribution < 1.29 is 4.42 Å². The monoisotopic (exact) mass is 262 g/mol. The molecule has 94 valence electrons. The Morgan fingerprint density at radius 1 is 1.56 bits per heavy atom. The van der Waals surface area contributed by atoms with Gasteiger partial charge in [-0.2, -0.15) is 5.26 Å². The van der Waals surface area contributed by atoms with Gasteiger partial charge in [0.25, 0.3) is 0 Å². The van der Waals surface area contributed by atoms with E-state index in [0.29, 0.717) is 0 Å². The van der Waals surface area contributed by atoms with E-state index in [1.165, 1.54) is 11.8 Å². The van der Waals surface area contributed by atoms with Crippen LogP contribution in [0.4, 0.5) is 0 Å². The molecule has 0 saturated carbocycles. The normalized spacial score (nSPS) is 12.3. The SMILES string of the molecule is CCn1c(S[C@H](C)C#N)nnc1-c1ccoc1C. The van der Waals surface area contributed by atoms with Gasteiger partial charge in [-0.05, 0) is 26.8 Å². The average molecular weight is 262 g/mol. The van der Waals surface area contributed by atoms with Crippen LogP contribution in [0.3, 0.4) is 0 Å². The number of aromatic nitrogens is 3. The second-order valence-electron chi connectivity index (χ2n) is 3.83. The van der Waals surface area contributed by atoms with E-state index in [-0.39, 0.29) is 5.25 Å². The second kappa shape index (κ2) is 5.27. The first kappa shape index (κ1) is 12.7. The van der Waals surface area contributed by atoms with Gasteiger partial charge in [0.2, 0.25) is 0 Å². The van der Waals surface area contributed by atoms with Crippen LogP contribution < -0.4 is 0 Å². The molecular weight excluding hydrogens is 248 g/mol. The molecule has 0 fully saturated rings. The number of nitrogens with zero attached hydrogens (tertiary/aromatic N) is 4. The minimum absolute atomic E-state index is 0.141. The van der Waals surface area contributed by atoms with Gasteiger partial charge in [0.1, 0.15) is 5.76 Å². The molecule has 0 saturated heterocycles. The van der Waals surface area contributed by atoms with Crippen molar-refractivity contribution in [3.63, 3.8) is 0 Å². The molecule has 0 unspecified atom stereocenters. The van der Waals surface area contributed by atoms with E-state index < -0.39 is 0 Å². The topological polar surface area (TPSA) is 67.6 Å². The van der Waals surface area contributed by atoms with Gasteiger partial charge in [0, 0.05) is 6.54 Å². The smallest absolute Gasteiger partial charge is 0.192 e. The molecule has 0 amide bonds. The molecule has 2 heterocycles. The van der Waals surface area contributed by atoms with E-state index in [1.807, 2.05) is 31.4 Å². The van der Waals surface area contributed by atoms with Crippen molar-refractivity contribution in [1.29, 1.82) is 5.26 Å². The van der Waals surface area contributed by atoms with Gasteiger partial charge in [-0.1, -0.05) is 11.8 Å². The lowest BCUT2D eigenvalue weighted by molar-refractivity contribution is 0.534. The maximum atomic E-state index is 8.85. The fraction of sp³-hybridized carbons (Fsp3) is 0.417. The lowest BCUT2D eigenvalue weighted by Gasteiger charge is -2.07. The number of thioether (sulfide) groups is 1. The van der Waals surface area contributed by atoms with Crippen molar-refractivity contribution in [2.75, 3.05) is 0 Å². The summed E-state index contributed by atoms with van der Waals surface area (Å²) >= 11 is 1.42. The number of rotatable bonds is 4. The first-order chi connectivity index (χ1) is 8.67. The van der Waals surface area contributed by atoms with Gasteiger partial charge in [-0.3, -0.25) is 0 Å². The van der Waals surface area contributed by atoms with Crippen molar-refractivity contribution in [2.24, 2.45) is 0 Å². The fourth-order valence-electron chi connectivity index (χ4n) is 1.66. The predicted octanol–water partition coefficient (Wildman–Crippen LogP) is 2.87. The van der Waals surface area contributed by atoms with E-state index in [9.17, 15) is 0 Å². The number of hydrogen-bond acceptors (Lipinski definition) is 5. The lowest BCUT2D eigenvalue weighted by atomic mass is 10.2. The number of furan rings is 1. The summed E-state index contributed by atoms with van der Waals surface area (Å²) < 4.78 is 7.29. The van der Waals surface area contributed by atoms with Crippen LogP contribution in [0.5, 0.6) is 0 Å². The van der Waals surface area contributed by atoms with Gasteiger partial charge in [0.15, 0.2) is 11.0 Å². The number of aryl methyl sites for hydroxylation is 1. The highest BCUT2D eigenvalue weighted by atomic mass is 32.2. The highest BCUT2D eigenvalue weighted by Crippen LogP contribution is 2.28. The summed E-state index contributed by atoms with van der Waals surface area (Å²) in [5, 5.41) is 17.8. The Balaban J connectivity index is 2.40. The summed E-state index contributed by atoms with van der Waals surface area (Å²) in [6.07, 6.45) is 1.64. The third-order valence-electron chi connectivity index (χ3n) is 2.60. The number of hydrogen-bond donors (Lipinski definition) is 0. The Kier molecular flexibility index (Phi) is 3.72. The quantitative estimate of drug-likeness (QED) is 0.792. The molecule has 0 aliphatic heterocycles. The standard InChI is InChI=1S/C12H14N4OS/c1-4-16-11(10-5-6-17-9(10)3)14-15-12(16)18-8(2)7-13/h5-6,8H,4H2,1-3H3/t8-/m1/s1. The molecule has 0 spiro atoms. The summed E-state index contributed by atoms with van der Waals surface area (Å²) in [5.41, 5.74) is 0.945. The molecule has 0 aliphatic rings.